The summed E-state index contributed by atoms with van der Waals surface area (Å²) in [4.78, 5) is 2.23. The molecule has 3 rings (SSSR count). The number of anilines is 2. The predicted molar refractivity (Wildman–Crippen MR) is 103 cm³/mol. The number of ether oxygens (including phenoxy) is 2. The monoisotopic (exact) mass is 396 g/mol. The zero-order chi connectivity index (χ0) is 18.7. The Morgan fingerprint density at radius 1 is 1.19 bits per heavy atom. The van der Waals surface area contributed by atoms with Gasteiger partial charge in [-0.25, -0.2) is 8.42 Å². The number of hydrogen-bond donors (Lipinski definition) is 1. The first-order valence-corrected chi connectivity index (χ1v) is 10.1. The summed E-state index contributed by atoms with van der Waals surface area (Å²) < 4.78 is 39.1. The summed E-state index contributed by atoms with van der Waals surface area (Å²) in [6, 6.07) is 10.0. The van der Waals surface area contributed by atoms with E-state index in [9.17, 15) is 8.42 Å². The summed E-state index contributed by atoms with van der Waals surface area (Å²) in [5.41, 5.74) is 1.73. The van der Waals surface area contributed by atoms with E-state index in [1.165, 1.54) is 6.07 Å². The molecule has 2 aromatic carbocycles. The molecular weight excluding hydrogens is 376 g/mol. The lowest BCUT2D eigenvalue weighted by Crippen LogP contribution is -2.37. The Kier molecular flexibility index (Phi) is 5.60. The minimum atomic E-state index is -3.77. The fraction of sp³-hybridized carbons (Fsp3) is 0.333. The number of sulfonamides is 1. The minimum Gasteiger partial charge on any atom is -0.497 e. The second-order valence-corrected chi connectivity index (χ2v) is 8.03. The molecule has 6 nitrogen and oxygen atoms in total. The Morgan fingerprint density at radius 2 is 1.92 bits per heavy atom. The molecule has 0 amide bonds. The van der Waals surface area contributed by atoms with Gasteiger partial charge in [0.25, 0.3) is 10.0 Å². The highest BCUT2D eigenvalue weighted by Crippen LogP contribution is 2.36. The number of methoxy groups -OCH3 is 1. The van der Waals surface area contributed by atoms with E-state index < -0.39 is 10.0 Å². The van der Waals surface area contributed by atoms with Crippen molar-refractivity contribution >= 4 is 33.0 Å². The maximum atomic E-state index is 12.9. The van der Waals surface area contributed by atoms with Gasteiger partial charge in [-0.1, -0.05) is 17.7 Å². The van der Waals surface area contributed by atoms with Crippen LogP contribution < -0.4 is 14.4 Å². The number of nitrogens with one attached hydrogen (secondary N) is 1. The maximum Gasteiger partial charge on any atom is 0.262 e. The molecule has 8 heteroatoms. The van der Waals surface area contributed by atoms with Gasteiger partial charge < -0.3 is 14.4 Å². The van der Waals surface area contributed by atoms with Crippen LogP contribution in [0.3, 0.4) is 0 Å². The number of aryl methyl sites for hydroxylation is 1. The minimum absolute atomic E-state index is 0.200. The molecule has 0 saturated carbocycles. The highest BCUT2D eigenvalue weighted by atomic mass is 35.5. The molecule has 0 spiro atoms. The summed E-state index contributed by atoms with van der Waals surface area (Å²) in [7, 11) is -2.23. The van der Waals surface area contributed by atoms with E-state index >= 15 is 0 Å². The standard InChI is InChI=1S/C18H21ClN2O4S/c1-13-12-14(24-2)6-7-17(13)26(22,23)20-16-5-3-4-15(19)18(16)21-8-10-25-11-9-21/h3-7,12,20H,8-11H2,1-2H3. The molecule has 0 atom stereocenters. The molecule has 1 aliphatic heterocycles. The highest BCUT2D eigenvalue weighted by Gasteiger charge is 2.23. The number of morpholine rings is 1. The van der Waals surface area contributed by atoms with Gasteiger partial charge in [-0.2, -0.15) is 0 Å². The smallest absolute Gasteiger partial charge is 0.262 e. The molecule has 0 bridgehead atoms. The molecule has 1 N–H and O–H groups in total. The molecule has 1 saturated heterocycles. The summed E-state index contributed by atoms with van der Waals surface area (Å²) in [6.45, 7) is 4.20. The second kappa shape index (κ2) is 7.73. The van der Waals surface area contributed by atoms with Crippen LogP contribution in [-0.4, -0.2) is 41.8 Å². The molecule has 0 radical (unpaired) electrons. The van der Waals surface area contributed by atoms with Gasteiger partial charge in [-0.15, -0.1) is 0 Å². The van der Waals surface area contributed by atoms with E-state index in [2.05, 4.69) is 4.72 Å². The Bertz CT molecular complexity index is 896. The molecule has 2 aromatic rings. The van der Waals surface area contributed by atoms with Crippen molar-refractivity contribution in [1.29, 1.82) is 0 Å². The molecule has 0 aliphatic carbocycles. The van der Waals surface area contributed by atoms with Crippen molar-refractivity contribution in [3.8, 4) is 5.75 Å². The third-order valence-electron chi connectivity index (χ3n) is 4.23. The van der Waals surface area contributed by atoms with Gasteiger partial charge in [0.15, 0.2) is 0 Å². The first kappa shape index (κ1) is 18.8. The SMILES string of the molecule is COc1ccc(S(=O)(=O)Nc2cccc(Cl)c2N2CCOCC2)c(C)c1. The van der Waals surface area contributed by atoms with E-state index in [0.717, 1.165) is 0 Å². The van der Waals surface area contributed by atoms with Gasteiger partial charge >= 0.3 is 0 Å². The fourth-order valence-electron chi connectivity index (χ4n) is 2.96. The average molecular weight is 397 g/mol. The fourth-order valence-corrected chi connectivity index (χ4v) is 4.54. The molecule has 140 valence electrons. The Hall–Kier alpha value is -1.96. The summed E-state index contributed by atoms with van der Waals surface area (Å²) in [5.74, 6) is 0.609. The van der Waals surface area contributed by atoms with E-state index in [1.807, 2.05) is 4.90 Å². The number of benzene rings is 2. The van der Waals surface area contributed by atoms with Crippen LogP contribution in [0.5, 0.6) is 5.75 Å². The van der Waals surface area contributed by atoms with Crippen LogP contribution in [0.4, 0.5) is 11.4 Å². The third kappa shape index (κ3) is 3.90. The van der Waals surface area contributed by atoms with Crippen LogP contribution in [-0.2, 0) is 14.8 Å². The van der Waals surface area contributed by atoms with Gasteiger partial charge in [0.1, 0.15) is 5.75 Å². The maximum absolute atomic E-state index is 12.9. The Balaban J connectivity index is 1.96. The molecular formula is C18H21ClN2O4S. The summed E-state index contributed by atoms with van der Waals surface area (Å²) in [6.07, 6.45) is 0. The first-order valence-electron chi connectivity index (χ1n) is 8.21. The van der Waals surface area contributed by atoms with E-state index in [0.29, 0.717) is 54.0 Å². The van der Waals surface area contributed by atoms with Crippen LogP contribution >= 0.6 is 11.6 Å². The number of halogens is 1. The van der Waals surface area contributed by atoms with Gasteiger partial charge in [0, 0.05) is 13.1 Å². The van der Waals surface area contributed by atoms with Crippen LogP contribution in [0.2, 0.25) is 5.02 Å². The van der Waals surface area contributed by atoms with Crippen molar-refractivity contribution in [3.05, 3.63) is 47.0 Å². The second-order valence-electron chi connectivity index (χ2n) is 5.97. The van der Waals surface area contributed by atoms with Crippen LogP contribution in [0.1, 0.15) is 5.56 Å². The van der Waals surface area contributed by atoms with Gasteiger partial charge in [0.05, 0.1) is 41.6 Å². The molecule has 0 unspecified atom stereocenters. The molecule has 1 aliphatic rings. The number of hydrogen-bond acceptors (Lipinski definition) is 5. The van der Waals surface area contributed by atoms with Crippen LogP contribution in [0.25, 0.3) is 0 Å². The topological polar surface area (TPSA) is 67.9 Å². The normalized spacial score (nSPS) is 15.0. The molecule has 1 fully saturated rings. The largest absolute Gasteiger partial charge is 0.497 e. The highest BCUT2D eigenvalue weighted by molar-refractivity contribution is 7.92. The molecule has 26 heavy (non-hydrogen) atoms. The van der Waals surface area contributed by atoms with Gasteiger partial charge in [-0.05, 0) is 42.8 Å². The van der Waals surface area contributed by atoms with Gasteiger partial charge in [0.2, 0.25) is 0 Å². The molecule has 0 aromatic heterocycles. The van der Waals surface area contributed by atoms with Crippen LogP contribution in [0, 0.1) is 6.92 Å². The quantitative estimate of drug-likeness (QED) is 0.839. The van der Waals surface area contributed by atoms with Crippen molar-refractivity contribution in [3.63, 3.8) is 0 Å². The van der Waals surface area contributed by atoms with Gasteiger partial charge in [-0.3, -0.25) is 4.72 Å². The lowest BCUT2D eigenvalue weighted by molar-refractivity contribution is 0.123. The van der Waals surface area contributed by atoms with E-state index in [-0.39, 0.29) is 4.90 Å². The van der Waals surface area contributed by atoms with E-state index in [4.69, 9.17) is 21.1 Å². The van der Waals surface area contributed by atoms with Crippen molar-refractivity contribution in [2.24, 2.45) is 0 Å². The number of para-hydroxylation sites is 1. The van der Waals surface area contributed by atoms with Crippen molar-refractivity contribution in [1.82, 2.24) is 0 Å². The summed E-state index contributed by atoms with van der Waals surface area (Å²) >= 11 is 6.37. The summed E-state index contributed by atoms with van der Waals surface area (Å²) in [5, 5.41) is 0.499. The first-order chi connectivity index (χ1) is 12.4. The Labute approximate surface area is 158 Å². The lowest BCUT2D eigenvalue weighted by Gasteiger charge is -2.31. The zero-order valence-electron chi connectivity index (χ0n) is 14.7. The number of rotatable bonds is 5. The third-order valence-corrected chi connectivity index (χ3v) is 6.06. The van der Waals surface area contributed by atoms with Crippen LogP contribution in [0.15, 0.2) is 41.3 Å². The lowest BCUT2D eigenvalue weighted by atomic mass is 10.2. The average Bonchev–Trinajstić information content (AvgIpc) is 2.62. The molecule has 1 heterocycles. The Morgan fingerprint density at radius 3 is 2.58 bits per heavy atom. The predicted octanol–water partition coefficient (Wildman–Crippen LogP) is 3.29. The zero-order valence-corrected chi connectivity index (χ0v) is 16.2. The van der Waals surface area contributed by atoms with Crippen molar-refractivity contribution in [2.75, 3.05) is 43.0 Å². The van der Waals surface area contributed by atoms with Crippen molar-refractivity contribution < 1.29 is 17.9 Å². The van der Waals surface area contributed by atoms with E-state index in [1.54, 1.807) is 44.4 Å². The van der Waals surface area contributed by atoms with Crippen molar-refractivity contribution in [2.45, 2.75) is 11.8 Å². The number of nitrogens with zero attached hydrogens (tertiary/aromatic N) is 1.